The minimum absolute atomic E-state index is 0.0188. The number of anilines is 1. The molecule has 3 atom stereocenters. The standard InChI is InChI=1S/C10H13N5O5/c11-9-13-7-6(8(18)14-9)12-10(19)15(7)5-1-3(17)4(2-16)20-5/h3-5,16-17H,1-2H2,(H,12,19)(H3,11,13,14,18)/t3-,4?,5-/m1/s1. The zero-order valence-corrected chi connectivity index (χ0v) is 10.2. The molecule has 10 heteroatoms. The highest BCUT2D eigenvalue weighted by molar-refractivity contribution is 5.70. The van der Waals surface area contributed by atoms with Gasteiger partial charge in [-0.15, -0.1) is 0 Å². The number of imidazole rings is 1. The number of nitrogens with two attached hydrogens (primary N) is 1. The number of H-pyrrole nitrogens is 2. The second-order valence-electron chi connectivity index (χ2n) is 4.56. The quantitative estimate of drug-likeness (QED) is 0.412. The maximum absolute atomic E-state index is 11.9. The van der Waals surface area contributed by atoms with Crippen molar-refractivity contribution in [1.29, 1.82) is 0 Å². The summed E-state index contributed by atoms with van der Waals surface area (Å²) < 4.78 is 6.50. The summed E-state index contributed by atoms with van der Waals surface area (Å²) in [6, 6.07) is 0. The van der Waals surface area contributed by atoms with E-state index in [-0.39, 0.29) is 30.1 Å². The summed E-state index contributed by atoms with van der Waals surface area (Å²) in [7, 11) is 0. The van der Waals surface area contributed by atoms with Gasteiger partial charge in [0.15, 0.2) is 11.2 Å². The van der Waals surface area contributed by atoms with Crippen molar-refractivity contribution in [2.45, 2.75) is 24.9 Å². The van der Waals surface area contributed by atoms with Crippen LogP contribution in [0.3, 0.4) is 0 Å². The van der Waals surface area contributed by atoms with Crippen LogP contribution in [0.1, 0.15) is 12.6 Å². The third-order valence-electron chi connectivity index (χ3n) is 3.27. The topological polar surface area (TPSA) is 159 Å². The molecule has 0 aliphatic carbocycles. The summed E-state index contributed by atoms with van der Waals surface area (Å²) in [6.07, 6.45) is -2.40. The lowest BCUT2D eigenvalue weighted by Crippen LogP contribution is -2.25. The Bertz CT molecular complexity index is 761. The Morgan fingerprint density at radius 2 is 2.20 bits per heavy atom. The van der Waals surface area contributed by atoms with Gasteiger partial charge < -0.3 is 20.7 Å². The van der Waals surface area contributed by atoms with E-state index in [4.69, 9.17) is 15.6 Å². The molecule has 0 bridgehead atoms. The van der Waals surface area contributed by atoms with Crippen LogP contribution in [0.25, 0.3) is 11.2 Å². The van der Waals surface area contributed by atoms with E-state index in [0.717, 1.165) is 4.57 Å². The van der Waals surface area contributed by atoms with Crippen LogP contribution in [0.4, 0.5) is 5.95 Å². The predicted molar refractivity (Wildman–Crippen MR) is 67.0 cm³/mol. The van der Waals surface area contributed by atoms with Crippen molar-refractivity contribution < 1.29 is 14.9 Å². The Morgan fingerprint density at radius 3 is 2.85 bits per heavy atom. The molecule has 2 aromatic rings. The number of aromatic nitrogens is 4. The first-order valence-corrected chi connectivity index (χ1v) is 5.95. The minimum atomic E-state index is -0.902. The monoisotopic (exact) mass is 283 g/mol. The SMILES string of the molecule is Nc1nc2c([nH]c(=O)n2[C@H]2C[C@@H](O)C(CO)O2)c(=O)[nH]1. The molecule has 10 nitrogen and oxygen atoms in total. The molecule has 1 saturated heterocycles. The Kier molecular flexibility index (Phi) is 2.85. The summed E-state index contributed by atoms with van der Waals surface area (Å²) in [5.74, 6) is -0.132. The van der Waals surface area contributed by atoms with Crippen LogP contribution in [0.5, 0.6) is 0 Å². The van der Waals surface area contributed by atoms with Gasteiger partial charge >= 0.3 is 5.69 Å². The molecule has 1 aliphatic heterocycles. The van der Waals surface area contributed by atoms with Crippen LogP contribution in [0.15, 0.2) is 9.59 Å². The number of aliphatic hydroxyl groups is 2. The zero-order chi connectivity index (χ0) is 14.4. The molecule has 1 fully saturated rings. The third-order valence-corrected chi connectivity index (χ3v) is 3.27. The molecule has 0 radical (unpaired) electrons. The zero-order valence-electron chi connectivity index (χ0n) is 10.2. The Hall–Kier alpha value is -2.17. The van der Waals surface area contributed by atoms with E-state index >= 15 is 0 Å². The van der Waals surface area contributed by atoms with Crippen molar-refractivity contribution in [3.63, 3.8) is 0 Å². The number of nitrogens with one attached hydrogen (secondary N) is 2. The van der Waals surface area contributed by atoms with Crippen molar-refractivity contribution >= 4 is 17.1 Å². The Morgan fingerprint density at radius 1 is 1.45 bits per heavy atom. The van der Waals surface area contributed by atoms with Gasteiger partial charge in [0.25, 0.3) is 5.56 Å². The fourth-order valence-corrected chi connectivity index (χ4v) is 2.33. The van der Waals surface area contributed by atoms with Crippen molar-refractivity contribution in [2.24, 2.45) is 0 Å². The molecule has 3 rings (SSSR count). The molecule has 1 unspecified atom stereocenters. The van der Waals surface area contributed by atoms with E-state index < -0.39 is 29.7 Å². The van der Waals surface area contributed by atoms with Crippen molar-refractivity contribution in [3.05, 3.63) is 20.8 Å². The van der Waals surface area contributed by atoms with Gasteiger partial charge in [-0.3, -0.25) is 14.8 Å². The molecule has 6 N–H and O–H groups in total. The van der Waals surface area contributed by atoms with E-state index in [1.54, 1.807) is 0 Å². The second kappa shape index (κ2) is 4.44. The number of aliphatic hydroxyl groups excluding tert-OH is 2. The average molecular weight is 283 g/mol. The maximum Gasteiger partial charge on any atom is 0.329 e. The Balaban J connectivity index is 2.15. The van der Waals surface area contributed by atoms with Gasteiger partial charge in [-0.2, -0.15) is 4.98 Å². The average Bonchev–Trinajstić information content (AvgIpc) is 2.89. The molecule has 0 spiro atoms. The summed E-state index contributed by atoms with van der Waals surface area (Å²) in [4.78, 5) is 32.2. The van der Waals surface area contributed by atoms with Gasteiger partial charge in [0.2, 0.25) is 5.95 Å². The summed E-state index contributed by atoms with van der Waals surface area (Å²) in [5, 5.41) is 18.8. The van der Waals surface area contributed by atoms with Crippen molar-refractivity contribution in [2.75, 3.05) is 12.3 Å². The summed E-state index contributed by atoms with van der Waals surface area (Å²) in [5.41, 5.74) is 4.32. The number of hydrogen-bond donors (Lipinski definition) is 5. The smallest absolute Gasteiger partial charge is 0.329 e. The highest BCUT2D eigenvalue weighted by Gasteiger charge is 2.36. The molecular weight excluding hydrogens is 270 g/mol. The first-order valence-electron chi connectivity index (χ1n) is 5.95. The minimum Gasteiger partial charge on any atom is -0.394 e. The van der Waals surface area contributed by atoms with Crippen LogP contribution in [-0.4, -0.2) is 48.5 Å². The number of fused-ring (bicyclic) bond motifs is 1. The number of ether oxygens (including phenoxy) is 1. The first kappa shape index (κ1) is 12.8. The highest BCUT2D eigenvalue weighted by Crippen LogP contribution is 2.28. The molecule has 0 saturated carbocycles. The van der Waals surface area contributed by atoms with Gasteiger partial charge in [0, 0.05) is 6.42 Å². The van der Waals surface area contributed by atoms with E-state index in [9.17, 15) is 14.7 Å². The van der Waals surface area contributed by atoms with Crippen molar-refractivity contribution in [3.8, 4) is 0 Å². The van der Waals surface area contributed by atoms with E-state index in [1.165, 1.54) is 0 Å². The molecule has 2 aromatic heterocycles. The number of rotatable bonds is 2. The van der Waals surface area contributed by atoms with E-state index in [1.807, 2.05) is 0 Å². The van der Waals surface area contributed by atoms with Gasteiger partial charge in [-0.05, 0) is 0 Å². The molecule has 1 aliphatic rings. The normalized spacial score (nSPS) is 26.4. The molecule has 3 heterocycles. The Labute approximate surface area is 110 Å². The lowest BCUT2D eigenvalue weighted by Gasteiger charge is -2.12. The maximum atomic E-state index is 11.9. The van der Waals surface area contributed by atoms with E-state index in [2.05, 4.69) is 15.0 Å². The summed E-state index contributed by atoms with van der Waals surface area (Å²) in [6.45, 7) is -0.370. The summed E-state index contributed by atoms with van der Waals surface area (Å²) >= 11 is 0. The fraction of sp³-hybridized carbons (Fsp3) is 0.500. The third kappa shape index (κ3) is 1.81. The highest BCUT2D eigenvalue weighted by atomic mass is 16.5. The van der Waals surface area contributed by atoms with Crippen LogP contribution in [0.2, 0.25) is 0 Å². The van der Waals surface area contributed by atoms with Crippen molar-refractivity contribution in [1.82, 2.24) is 19.5 Å². The fourth-order valence-electron chi connectivity index (χ4n) is 2.33. The number of nitrogen functional groups attached to an aromatic ring is 1. The predicted octanol–water partition coefficient (Wildman–Crippen LogP) is -2.36. The molecule has 0 aromatic carbocycles. The largest absolute Gasteiger partial charge is 0.394 e. The lowest BCUT2D eigenvalue weighted by atomic mass is 10.2. The molecule has 20 heavy (non-hydrogen) atoms. The van der Waals surface area contributed by atoms with Gasteiger partial charge in [-0.25, -0.2) is 9.36 Å². The molecule has 0 amide bonds. The number of aromatic amines is 2. The second-order valence-corrected chi connectivity index (χ2v) is 4.56. The molecular formula is C10H13N5O5. The van der Waals surface area contributed by atoms with Crippen LogP contribution in [0, 0.1) is 0 Å². The number of nitrogens with zero attached hydrogens (tertiary/aromatic N) is 2. The van der Waals surface area contributed by atoms with Gasteiger partial charge in [0.1, 0.15) is 12.3 Å². The first-order chi connectivity index (χ1) is 9.51. The van der Waals surface area contributed by atoms with Crippen LogP contribution in [-0.2, 0) is 4.74 Å². The van der Waals surface area contributed by atoms with Gasteiger partial charge in [0.05, 0.1) is 12.7 Å². The van der Waals surface area contributed by atoms with Gasteiger partial charge in [-0.1, -0.05) is 0 Å². The number of hydrogen-bond acceptors (Lipinski definition) is 7. The molecule has 108 valence electrons. The van der Waals surface area contributed by atoms with Crippen LogP contribution < -0.4 is 17.0 Å². The van der Waals surface area contributed by atoms with Crippen LogP contribution >= 0.6 is 0 Å². The van der Waals surface area contributed by atoms with E-state index in [0.29, 0.717) is 0 Å². The lowest BCUT2D eigenvalue weighted by molar-refractivity contribution is -0.0441.